The Morgan fingerprint density at radius 2 is 2.08 bits per heavy atom. The number of hydrogen-bond donors (Lipinski definition) is 2. The van der Waals surface area contributed by atoms with Crippen LogP contribution in [0.2, 0.25) is 0 Å². The lowest BCUT2D eigenvalue weighted by Crippen LogP contribution is -2.28. The number of benzene rings is 1. The third kappa shape index (κ3) is 4.85. The molecule has 2 aromatic heterocycles. The highest BCUT2D eigenvalue weighted by molar-refractivity contribution is 7.91. The minimum atomic E-state index is -3.45. The molecular formula is C16H17FN4O2S3. The van der Waals surface area contributed by atoms with Crippen molar-refractivity contribution in [3.8, 4) is 0 Å². The van der Waals surface area contributed by atoms with E-state index in [0.717, 1.165) is 5.56 Å². The highest BCUT2D eigenvalue weighted by Crippen LogP contribution is 2.17. The minimum absolute atomic E-state index is 0.229. The summed E-state index contributed by atoms with van der Waals surface area (Å²) < 4.78 is 44.4. The smallest absolute Gasteiger partial charge is 0.250 e. The minimum Gasteiger partial charge on any atom is -0.359 e. The quantitative estimate of drug-likeness (QED) is 0.556. The third-order valence-corrected chi connectivity index (χ3v) is 7.08. The van der Waals surface area contributed by atoms with Crippen molar-refractivity contribution < 1.29 is 12.8 Å². The fourth-order valence-electron chi connectivity index (χ4n) is 2.24. The Morgan fingerprint density at radius 1 is 1.23 bits per heavy atom. The first-order chi connectivity index (χ1) is 12.4. The Morgan fingerprint density at radius 3 is 2.81 bits per heavy atom. The molecule has 0 fully saturated rings. The number of nitrogens with one attached hydrogen (secondary N) is 2. The third-order valence-electron chi connectivity index (χ3n) is 3.51. The van der Waals surface area contributed by atoms with Gasteiger partial charge in [0.25, 0.3) is 0 Å². The van der Waals surface area contributed by atoms with Gasteiger partial charge < -0.3 is 5.32 Å². The maximum absolute atomic E-state index is 13.3. The highest BCUT2D eigenvalue weighted by atomic mass is 32.2. The van der Waals surface area contributed by atoms with Gasteiger partial charge in [0, 0.05) is 31.0 Å². The van der Waals surface area contributed by atoms with Crippen molar-refractivity contribution in [1.29, 1.82) is 0 Å². The standard InChI is InChI=1S/C16H17FN4O2S3/c1-11-9-12(4-5-13(11)17)10-14-20-16(25-21-14)18-6-7-19-26(22,23)15-3-2-8-24-15/h2-5,8-9,19H,6-7,10H2,1H3,(H,18,20,21). The maximum atomic E-state index is 13.3. The van der Waals surface area contributed by atoms with Crippen LogP contribution in [-0.4, -0.2) is 30.9 Å². The largest absolute Gasteiger partial charge is 0.359 e. The molecule has 6 nitrogen and oxygen atoms in total. The van der Waals surface area contributed by atoms with Crippen LogP contribution in [-0.2, 0) is 16.4 Å². The van der Waals surface area contributed by atoms with Gasteiger partial charge in [0.15, 0.2) is 0 Å². The van der Waals surface area contributed by atoms with Crippen molar-refractivity contribution in [2.24, 2.45) is 0 Å². The first kappa shape index (κ1) is 18.9. The molecular weight excluding hydrogens is 395 g/mol. The van der Waals surface area contributed by atoms with Gasteiger partial charge in [-0.15, -0.1) is 11.3 Å². The molecule has 0 aliphatic carbocycles. The van der Waals surface area contributed by atoms with Gasteiger partial charge in [0.05, 0.1) is 0 Å². The van der Waals surface area contributed by atoms with Crippen LogP contribution in [0.25, 0.3) is 0 Å². The van der Waals surface area contributed by atoms with E-state index in [4.69, 9.17) is 0 Å². The number of nitrogens with zero attached hydrogens (tertiary/aromatic N) is 2. The molecule has 0 radical (unpaired) electrons. The van der Waals surface area contributed by atoms with Crippen molar-refractivity contribution in [2.75, 3.05) is 18.4 Å². The molecule has 2 N–H and O–H groups in total. The molecule has 3 rings (SSSR count). The molecule has 138 valence electrons. The number of thiophene rings is 1. The summed E-state index contributed by atoms with van der Waals surface area (Å²) in [5.41, 5.74) is 1.53. The lowest BCUT2D eigenvalue weighted by molar-refractivity contribution is 0.585. The van der Waals surface area contributed by atoms with E-state index in [1.807, 2.05) is 0 Å². The van der Waals surface area contributed by atoms with Crippen LogP contribution in [0.15, 0.2) is 39.9 Å². The molecule has 1 aromatic carbocycles. The summed E-state index contributed by atoms with van der Waals surface area (Å²) in [6.45, 7) is 2.36. The summed E-state index contributed by atoms with van der Waals surface area (Å²) in [5.74, 6) is 0.412. The molecule has 0 aliphatic heterocycles. The van der Waals surface area contributed by atoms with Crippen molar-refractivity contribution in [1.82, 2.24) is 14.1 Å². The van der Waals surface area contributed by atoms with Gasteiger partial charge in [-0.25, -0.2) is 22.5 Å². The second-order valence-corrected chi connectivity index (χ2v) is 9.23. The molecule has 0 unspecified atom stereocenters. The van der Waals surface area contributed by atoms with Crippen LogP contribution < -0.4 is 10.0 Å². The first-order valence-electron chi connectivity index (χ1n) is 7.79. The Labute approximate surface area is 159 Å². The molecule has 0 aliphatic rings. The Hall–Kier alpha value is -1.88. The summed E-state index contributed by atoms with van der Waals surface area (Å²) in [7, 11) is -3.45. The highest BCUT2D eigenvalue weighted by Gasteiger charge is 2.14. The van der Waals surface area contributed by atoms with Crippen LogP contribution in [0.1, 0.15) is 17.0 Å². The van der Waals surface area contributed by atoms with E-state index >= 15 is 0 Å². The number of anilines is 1. The van der Waals surface area contributed by atoms with Gasteiger partial charge in [0.1, 0.15) is 15.9 Å². The topological polar surface area (TPSA) is 84.0 Å². The number of aryl methyl sites for hydroxylation is 1. The van der Waals surface area contributed by atoms with Crippen LogP contribution in [0.5, 0.6) is 0 Å². The van der Waals surface area contributed by atoms with E-state index in [-0.39, 0.29) is 12.4 Å². The molecule has 2 heterocycles. The van der Waals surface area contributed by atoms with Gasteiger partial charge in [-0.05, 0) is 35.6 Å². The van der Waals surface area contributed by atoms with E-state index < -0.39 is 10.0 Å². The number of sulfonamides is 1. The van der Waals surface area contributed by atoms with Crippen LogP contribution in [0.4, 0.5) is 9.52 Å². The van der Waals surface area contributed by atoms with Crippen LogP contribution in [0.3, 0.4) is 0 Å². The van der Waals surface area contributed by atoms with Gasteiger partial charge in [-0.1, -0.05) is 18.2 Å². The zero-order valence-corrected chi connectivity index (χ0v) is 16.3. The van der Waals surface area contributed by atoms with Gasteiger partial charge in [-0.3, -0.25) is 0 Å². The number of hydrogen-bond acceptors (Lipinski definition) is 7. The molecule has 0 saturated carbocycles. The van der Waals surface area contributed by atoms with Crippen molar-refractivity contribution in [3.63, 3.8) is 0 Å². The van der Waals surface area contributed by atoms with Gasteiger partial charge in [-0.2, -0.15) is 4.37 Å². The lowest BCUT2D eigenvalue weighted by atomic mass is 10.1. The number of rotatable bonds is 8. The molecule has 0 spiro atoms. The summed E-state index contributed by atoms with van der Waals surface area (Å²) in [5, 5.41) is 5.39. The normalized spacial score (nSPS) is 11.6. The molecule has 0 saturated heterocycles. The van der Waals surface area contributed by atoms with E-state index in [2.05, 4.69) is 19.4 Å². The van der Waals surface area contributed by atoms with E-state index in [0.29, 0.717) is 33.7 Å². The van der Waals surface area contributed by atoms with Gasteiger partial charge >= 0.3 is 0 Å². The number of aromatic nitrogens is 2. The average Bonchev–Trinajstić information content (AvgIpc) is 3.27. The molecule has 0 bridgehead atoms. The first-order valence-corrected chi connectivity index (χ1v) is 10.9. The van der Waals surface area contributed by atoms with Crippen LogP contribution in [0, 0.1) is 12.7 Å². The summed E-state index contributed by atoms with van der Waals surface area (Å²) >= 11 is 2.39. The van der Waals surface area contributed by atoms with Crippen molar-refractivity contribution >= 4 is 38.0 Å². The van der Waals surface area contributed by atoms with E-state index in [1.165, 1.54) is 28.9 Å². The second kappa shape index (κ2) is 8.21. The fraction of sp³-hybridized carbons (Fsp3) is 0.250. The second-order valence-electron chi connectivity index (χ2n) is 5.53. The zero-order chi connectivity index (χ0) is 18.6. The maximum Gasteiger partial charge on any atom is 0.250 e. The summed E-state index contributed by atoms with van der Waals surface area (Å²) in [6.07, 6.45) is 0.518. The average molecular weight is 413 g/mol. The van der Waals surface area contributed by atoms with Crippen LogP contribution >= 0.6 is 22.9 Å². The molecule has 0 atom stereocenters. The molecule has 26 heavy (non-hydrogen) atoms. The molecule has 0 amide bonds. The number of halogens is 1. The van der Waals surface area contributed by atoms with Crippen molar-refractivity contribution in [3.05, 3.63) is 58.5 Å². The SMILES string of the molecule is Cc1cc(Cc2nsc(NCCNS(=O)(=O)c3cccs3)n2)ccc1F. The Bertz CT molecular complexity index is 971. The molecule has 3 aromatic rings. The summed E-state index contributed by atoms with van der Waals surface area (Å²) in [6, 6.07) is 8.20. The van der Waals surface area contributed by atoms with E-state index in [9.17, 15) is 12.8 Å². The fourth-order valence-corrected chi connectivity index (χ4v) is 4.92. The molecule has 10 heteroatoms. The Balaban J connectivity index is 1.49. The van der Waals surface area contributed by atoms with Gasteiger partial charge in [0.2, 0.25) is 15.2 Å². The zero-order valence-electron chi connectivity index (χ0n) is 13.9. The summed E-state index contributed by atoms with van der Waals surface area (Å²) in [4.78, 5) is 4.37. The van der Waals surface area contributed by atoms with E-state index in [1.54, 1.807) is 36.6 Å². The predicted molar refractivity (Wildman–Crippen MR) is 102 cm³/mol. The monoisotopic (exact) mass is 412 g/mol. The van der Waals surface area contributed by atoms with Crippen molar-refractivity contribution in [2.45, 2.75) is 17.6 Å². The predicted octanol–water partition coefficient (Wildman–Crippen LogP) is 3.03. The lowest BCUT2D eigenvalue weighted by Gasteiger charge is -2.05. The Kier molecular flexibility index (Phi) is 5.97.